The lowest BCUT2D eigenvalue weighted by Crippen LogP contribution is -2.28. The van der Waals surface area contributed by atoms with Crippen LogP contribution in [0.2, 0.25) is 5.02 Å². The molecule has 1 aromatic carbocycles. The van der Waals surface area contributed by atoms with Gasteiger partial charge in [0, 0.05) is 25.7 Å². The number of hydrogen-bond acceptors (Lipinski definition) is 3. The molecule has 0 amide bonds. The molecule has 118 valence electrons. The Bertz CT molecular complexity index is 614. The molecule has 0 aromatic heterocycles. The number of benzene rings is 1. The molecule has 2 rings (SSSR count). The first kappa shape index (κ1) is 16.7. The fourth-order valence-corrected chi connectivity index (χ4v) is 4.04. The number of hydrogen-bond donors (Lipinski definition) is 1. The van der Waals surface area contributed by atoms with E-state index in [2.05, 4.69) is 5.32 Å². The number of rotatable bonds is 5. The monoisotopic (exact) mass is 334 g/mol. The van der Waals surface area contributed by atoms with Gasteiger partial charge in [-0.2, -0.15) is 4.31 Å². The normalized spacial score (nSPS) is 16.8. The lowest BCUT2D eigenvalue weighted by molar-refractivity contribution is 0.476. The zero-order valence-electron chi connectivity index (χ0n) is 12.2. The quantitative estimate of drug-likeness (QED) is 0.900. The molecule has 1 heterocycles. The number of halogens is 2. The molecule has 0 aliphatic carbocycles. The van der Waals surface area contributed by atoms with Crippen LogP contribution in [0.5, 0.6) is 0 Å². The van der Waals surface area contributed by atoms with Crippen molar-refractivity contribution in [3.8, 4) is 0 Å². The van der Waals surface area contributed by atoms with Gasteiger partial charge in [0.05, 0.1) is 9.92 Å². The van der Waals surface area contributed by atoms with Gasteiger partial charge in [-0.1, -0.05) is 25.4 Å². The standard InChI is InChI=1S/C14H20ClFN2O2S/c1-10(2)17-9-11-7-12(8-13(16)14(11)15)21(19,20)18-5-3-4-6-18/h7-8,10,17H,3-6,9H2,1-2H3. The van der Waals surface area contributed by atoms with Crippen molar-refractivity contribution < 1.29 is 12.8 Å². The minimum atomic E-state index is -3.63. The van der Waals surface area contributed by atoms with Crippen molar-refractivity contribution in [2.45, 2.75) is 44.2 Å². The van der Waals surface area contributed by atoms with E-state index >= 15 is 0 Å². The van der Waals surface area contributed by atoms with Gasteiger partial charge < -0.3 is 5.32 Å². The van der Waals surface area contributed by atoms with Crippen LogP contribution < -0.4 is 5.32 Å². The van der Waals surface area contributed by atoms with Crippen LogP contribution in [0.25, 0.3) is 0 Å². The van der Waals surface area contributed by atoms with E-state index in [1.54, 1.807) is 0 Å². The van der Waals surface area contributed by atoms with E-state index in [1.807, 2.05) is 13.8 Å². The number of nitrogens with one attached hydrogen (secondary N) is 1. The Balaban J connectivity index is 2.36. The van der Waals surface area contributed by atoms with Gasteiger partial charge in [0.2, 0.25) is 10.0 Å². The third kappa shape index (κ3) is 3.74. The second kappa shape index (κ2) is 6.60. The maximum Gasteiger partial charge on any atom is 0.243 e. The molecule has 21 heavy (non-hydrogen) atoms. The maximum atomic E-state index is 13.9. The van der Waals surface area contributed by atoms with E-state index in [0.717, 1.165) is 18.9 Å². The highest BCUT2D eigenvalue weighted by molar-refractivity contribution is 7.89. The first-order valence-corrected chi connectivity index (χ1v) is 8.85. The molecule has 1 fully saturated rings. The predicted octanol–water partition coefficient (Wildman–Crippen LogP) is 2.76. The molecule has 0 radical (unpaired) electrons. The van der Waals surface area contributed by atoms with Gasteiger partial charge in [-0.05, 0) is 30.5 Å². The molecule has 0 unspecified atom stereocenters. The van der Waals surface area contributed by atoms with Crippen LogP contribution >= 0.6 is 11.6 Å². The summed E-state index contributed by atoms with van der Waals surface area (Å²) in [5.41, 5.74) is 0.461. The van der Waals surface area contributed by atoms with Crippen LogP contribution in [-0.2, 0) is 16.6 Å². The average molecular weight is 335 g/mol. The molecule has 1 aromatic rings. The Morgan fingerprint density at radius 1 is 1.33 bits per heavy atom. The first-order valence-electron chi connectivity index (χ1n) is 7.04. The highest BCUT2D eigenvalue weighted by Crippen LogP contribution is 2.27. The van der Waals surface area contributed by atoms with Gasteiger partial charge in [0.25, 0.3) is 0 Å². The summed E-state index contributed by atoms with van der Waals surface area (Å²) in [5, 5.41) is 3.09. The molecule has 7 heteroatoms. The number of sulfonamides is 1. The van der Waals surface area contributed by atoms with E-state index in [9.17, 15) is 12.8 Å². The molecular weight excluding hydrogens is 315 g/mol. The summed E-state index contributed by atoms with van der Waals surface area (Å²) >= 11 is 5.93. The summed E-state index contributed by atoms with van der Waals surface area (Å²) in [4.78, 5) is -0.0214. The molecule has 1 aliphatic rings. The minimum absolute atomic E-state index is 0.0214. The van der Waals surface area contributed by atoms with E-state index in [1.165, 1.54) is 10.4 Å². The zero-order chi connectivity index (χ0) is 15.6. The Morgan fingerprint density at radius 2 is 1.95 bits per heavy atom. The number of nitrogens with zero attached hydrogens (tertiary/aromatic N) is 1. The van der Waals surface area contributed by atoms with Crippen LogP contribution in [-0.4, -0.2) is 31.9 Å². The highest BCUT2D eigenvalue weighted by Gasteiger charge is 2.28. The van der Waals surface area contributed by atoms with Crippen molar-refractivity contribution in [2.75, 3.05) is 13.1 Å². The van der Waals surface area contributed by atoms with Gasteiger partial charge in [-0.15, -0.1) is 0 Å². The lowest BCUT2D eigenvalue weighted by Gasteiger charge is -2.17. The van der Waals surface area contributed by atoms with Crippen LogP contribution in [0.15, 0.2) is 17.0 Å². The SMILES string of the molecule is CC(C)NCc1cc(S(=O)(=O)N2CCCC2)cc(F)c1Cl. The van der Waals surface area contributed by atoms with Crippen molar-refractivity contribution in [1.82, 2.24) is 9.62 Å². The average Bonchev–Trinajstić information content (AvgIpc) is 2.94. The summed E-state index contributed by atoms with van der Waals surface area (Å²) in [6.45, 7) is 5.22. The van der Waals surface area contributed by atoms with E-state index in [0.29, 0.717) is 25.2 Å². The molecule has 4 nitrogen and oxygen atoms in total. The van der Waals surface area contributed by atoms with Crippen LogP contribution in [0.3, 0.4) is 0 Å². The molecule has 0 atom stereocenters. The van der Waals surface area contributed by atoms with Crippen molar-refractivity contribution in [1.29, 1.82) is 0 Å². The van der Waals surface area contributed by atoms with Gasteiger partial charge in [0.1, 0.15) is 5.82 Å². The Morgan fingerprint density at radius 3 is 2.52 bits per heavy atom. The molecule has 0 saturated carbocycles. The summed E-state index contributed by atoms with van der Waals surface area (Å²) in [7, 11) is -3.63. The largest absolute Gasteiger partial charge is 0.310 e. The topological polar surface area (TPSA) is 49.4 Å². The van der Waals surface area contributed by atoms with E-state index in [-0.39, 0.29) is 16.0 Å². The van der Waals surface area contributed by atoms with Crippen molar-refractivity contribution in [3.05, 3.63) is 28.5 Å². The van der Waals surface area contributed by atoms with Gasteiger partial charge >= 0.3 is 0 Å². The Hall–Kier alpha value is -0.690. The summed E-state index contributed by atoms with van der Waals surface area (Å²) in [6, 6.07) is 2.67. The second-order valence-corrected chi connectivity index (χ2v) is 7.84. The molecule has 0 bridgehead atoms. The summed E-state index contributed by atoms with van der Waals surface area (Å²) < 4.78 is 40.3. The van der Waals surface area contributed by atoms with Crippen LogP contribution in [0.4, 0.5) is 4.39 Å². The van der Waals surface area contributed by atoms with Crippen LogP contribution in [0.1, 0.15) is 32.3 Å². The highest BCUT2D eigenvalue weighted by atomic mass is 35.5. The minimum Gasteiger partial charge on any atom is -0.310 e. The Kier molecular flexibility index (Phi) is 5.24. The molecule has 1 saturated heterocycles. The second-order valence-electron chi connectivity index (χ2n) is 5.52. The third-order valence-corrected chi connectivity index (χ3v) is 5.78. The van der Waals surface area contributed by atoms with Crippen molar-refractivity contribution >= 4 is 21.6 Å². The fourth-order valence-electron chi connectivity index (χ4n) is 2.29. The van der Waals surface area contributed by atoms with Gasteiger partial charge in [-0.3, -0.25) is 0 Å². The molecule has 1 aliphatic heterocycles. The van der Waals surface area contributed by atoms with Crippen LogP contribution in [0, 0.1) is 5.82 Å². The van der Waals surface area contributed by atoms with E-state index in [4.69, 9.17) is 11.6 Å². The molecule has 0 spiro atoms. The van der Waals surface area contributed by atoms with Gasteiger partial charge in [0.15, 0.2) is 0 Å². The summed E-state index contributed by atoms with van der Waals surface area (Å²) in [6.07, 6.45) is 1.69. The maximum absolute atomic E-state index is 13.9. The molecular formula is C14H20ClFN2O2S. The first-order chi connectivity index (χ1) is 9.82. The zero-order valence-corrected chi connectivity index (χ0v) is 13.8. The van der Waals surface area contributed by atoms with Crippen molar-refractivity contribution in [3.63, 3.8) is 0 Å². The predicted molar refractivity (Wildman–Crippen MR) is 81.4 cm³/mol. The fraction of sp³-hybridized carbons (Fsp3) is 0.571. The lowest BCUT2D eigenvalue weighted by atomic mass is 10.2. The van der Waals surface area contributed by atoms with Gasteiger partial charge in [-0.25, -0.2) is 12.8 Å². The summed E-state index contributed by atoms with van der Waals surface area (Å²) in [5.74, 6) is -0.697. The smallest absolute Gasteiger partial charge is 0.243 e. The third-order valence-electron chi connectivity index (χ3n) is 3.48. The van der Waals surface area contributed by atoms with Crippen molar-refractivity contribution in [2.24, 2.45) is 0 Å². The molecule has 1 N–H and O–H groups in total. The van der Waals surface area contributed by atoms with E-state index < -0.39 is 15.8 Å². The Labute approximate surface area is 130 Å².